The lowest BCUT2D eigenvalue weighted by molar-refractivity contribution is 0.469. The number of hydrogen-bond donors (Lipinski definition) is 2. The molecule has 0 saturated heterocycles. The summed E-state index contributed by atoms with van der Waals surface area (Å²) in [5.41, 5.74) is 7.98. The average Bonchev–Trinajstić information content (AvgIpc) is 1.77. The maximum Gasteiger partial charge on any atom is 0.136 e. The first-order valence-corrected chi connectivity index (χ1v) is 2.49. The first-order valence-electron chi connectivity index (χ1n) is 2.15. The molecule has 1 aliphatic heterocycles. The van der Waals surface area contributed by atoms with E-state index in [0.29, 0.717) is 5.82 Å². The second kappa shape index (κ2) is 1.96. The van der Waals surface area contributed by atoms with Crippen LogP contribution >= 0.6 is 11.8 Å². The van der Waals surface area contributed by atoms with E-state index in [1.165, 1.54) is 4.53 Å². The summed E-state index contributed by atoms with van der Waals surface area (Å²) in [6.07, 6.45) is 5.15. The van der Waals surface area contributed by atoms with Gasteiger partial charge in [0.25, 0.3) is 0 Å². The number of allylic oxidation sites excluding steroid dienone is 2. The van der Waals surface area contributed by atoms with Gasteiger partial charge < -0.3 is 5.73 Å². The van der Waals surface area contributed by atoms with Crippen LogP contribution in [0, 0.1) is 0 Å². The zero-order chi connectivity index (χ0) is 5.98. The van der Waals surface area contributed by atoms with E-state index in [9.17, 15) is 0 Å². The molecule has 0 aromatic heterocycles. The van der Waals surface area contributed by atoms with Crippen LogP contribution in [0.1, 0.15) is 0 Å². The van der Waals surface area contributed by atoms with E-state index >= 15 is 0 Å². The highest BCUT2D eigenvalue weighted by Gasteiger charge is 1.99. The zero-order valence-electron chi connectivity index (χ0n) is 4.13. The normalized spacial score (nSPS) is 17.6. The highest BCUT2D eigenvalue weighted by molar-refractivity contribution is 6.14. The largest absolute Gasteiger partial charge is 0.383 e. The predicted octanol–water partition coefficient (Wildman–Crippen LogP) is 0.274. The van der Waals surface area contributed by atoms with Gasteiger partial charge in [-0.3, -0.25) is 5.43 Å². The maximum atomic E-state index is 5.44. The van der Waals surface area contributed by atoms with E-state index in [2.05, 4.69) is 5.43 Å². The van der Waals surface area contributed by atoms with Crippen molar-refractivity contribution in [1.82, 2.24) is 9.95 Å². The minimum Gasteiger partial charge on any atom is -0.383 e. The molecule has 0 aliphatic carbocycles. The summed E-state index contributed by atoms with van der Waals surface area (Å²) in [5, 5.41) is 0. The summed E-state index contributed by atoms with van der Waals surface area (Å²) in [7, 11) is 0. The van der Waals surface area contributed by atoms with Crippen LogP contribution in [-0.2, 0) is 0 Å². The summed E-state index contributed by atoms with van der Waals surface area (Å²) in [6, 6.07) is 0. The average molecular weight is 132 g/mol. The molecule has 3 N–H and O–H groups in total. The molecule has 0 radical (unpaired) electrons. The Morgan fingerprint density at radius 3 is 2.88 bits per heavy atom. The van der Waals surface area contributed by atoms with Crippen LogP contribution in [0.4, 0.5) is 0 Å². The molecule has 0 aromatic carbocycles. The molecule has 0 aromatic rings. The number of nitrogens with two attached hydrogens (primary N) is 1. The van der Waals surface area contributed by atoms with Crippen molar-refractivity contribution in [2.24, 2.45) is 5.73 Å². The molecule has 0 bridgehead atoms. The van der Waals surface area contributed by atoms with Crippen LogP contribution in [0.3, 0.4) is 0 Å². The van der Waals surface area contributed by atoms with Crippen LogP contribution < -0.4 is 11.2 Å². The molecule has 1 heterocycles. The van der Waals surface area contributed by atoms with Gasteiger partial charge in [0, 0.05) is 18.0 Å². The van der Waals surface area contributed by atoms with Crippen molar-refractivity contribution in [2.45, 2.75) is 0 Å². The standard InChI is InChI=1S/C4H6ClN3/c5-8-4(6)2-1-3-7-8/h1-3,7H,6H2. The van der Waals surface area contributed by atoms with Gasteiger partial charge in [0.15, 0.2) is 0 Å². The minimum absolute atomic E-state index is 0.495. The molecule has 0 saturated carbocycles. The van der Waals surface area contributed by atoms with Crippen molar-refractivity contribution < 1.29 is 0 Å². The lowest BCUT2D eigenvalue weighted by Crippen LogP contribution is -2.30. The minimum atomic E-state index is 0.495. The van der Waals surface area contributed by atoms with E-state index in [-0.39, 0.29) is 0 Å². The molecular weight excluding hydrogens is 126 g/mol. The molecule has 3 nitrogen and oxygen atoms in total. The SMILES string of the molecule is NC1=CC=CNN1Cl. The number of nitrogens with zero attached hydrogens (tertiary/aromatic N) is 1. The van der Waals surface area contributed by atoms with Crippen molar-refractivity contribution in [3.8, 4) is 0 Å². The topological polar surface area (TPSA) is 41.3 Å². The fraction of sp³-hybridized carbons (Fsp3) is 0. The lowest BCUT2D eigenvalue weighted by atomic mass is 10.5. The van der Waals surface area contributed by atoms with Crippen LogP contribution in [-0.4, -0.2) is 4.53 Å². The van der Waals surface area contributed by atoms with Crippen molar-refractivity contribution in [3.63, 3.8) is 0 Å². The smallest absolute Gasteiger partial charge is 0.136 e. The molecule has 0 spiro atoms. The molecule has 0 atom stereocenters. The summed E-state index contributed by atoms with van der Waals surface area (Å²) in [5.74, 6) is 0.495. The van der Waals surface area contributed by atoms with Crippen molar-refractivity contribution in [3.05, 3.63) is 24.2 Å². The third-order valence-corrected chi connectivity index (χ3v) is 1.07. The Bertz CT molecular complexity index is 140. The number of rotatable bonds is 0. The molecule has 0 amide bonds. The predicted molar refractivity (Wildman–Crippen MR) is 32.2 cm³/mol. The van der Waals surface area contributed by atoms with Gasteiger partial charge in [0.05, 0.1) is 0 Å². The van der Waals surface area contributed by atoms with Crippen LogP contribution in [0.2, 0.25) is 0 Å². The van der Waals surface area contributed by atoms with Gasteiger partial charge in [-0.2, -0.15) is 4.53 Å². The molecule has 0 fully saturated rings. The summed E-state index contributed by atoms with van der Waals surface area (Å²) >= 11 is 5.44. The zero-order valence-corrected chi connectivity index (χ0v) is 4.89. The van der Waals surface area contributed by atoms with Crippen molar-refractivity contribution >= 4 is 11.8 Å². The van der Waals surface area contributed by atoms with E-state index < -0.39 is 0 Å². The van der Waals surface area contributed by atoms with Gasteiger partial charge in [-0.05, 0) is 12.2 Å². The maximum absolute atomic E-state index is 5.44. The molecule has 4 heteroatoms. The molecule has 1 aliphatic rings. The first kappa shape index (κ1) is 5.31. The van der Waals surface area contributed by atoms with Gasteiger partial charge in [0.1, 0.15) is 5.82 Å². The van der Waals surface area contributed by atoms with Crippen molar-refractivity contribution in [2.75, 3.05) is 0 Å². The van der Waals surface area contributed by atoms with E-state index in [0.717, 1.165) is 0 Å². The molecule has 1 rings (SSSR count). The monoisotopic (exact) mass is 131 g/mol. The van der Waals surface area contributed by atoms with Gasteiger partial charge in [0.2, 0.25) is 0 Å². The second-order valence-corrected chi connectivity index (χ2v) is 1.70. The Labute approximate surface area is 52.5 Å². The third-order valence-electron chi connectivity index (χ3n) is 0.778. The van der Waals surface area contributed by atoms with Crippen molar-refractivity contribution in [1.29, 1.82) is 0 Å². The Kier molecular flexibility index (Phi) is 1.30. The van der Waals surface area contributed by atoms with Crippen LogP contribution in [0.15, 0.2) is 24.2 Å². The Morgan fingerprint density at radius 1 is 1.75 bits per heavy atom. The highest BCUT2D eigenvalue weighted by atomic mass is 35.5. The number of nitrogens with one attached hydrogen (secondary N) is 1. The van der Waals surface area contributed by atoms with E-state index in [1.54, 1.807) is 18.4 Å². The summed E-state index contributed by atoms with van der Waals surface area (Å²) in [6.45, 7) is 0. The number of hydrogen-bond acceptors (Lipinski definition) is 3. The molecule has 44 valence electrons. The summed E-state index contributed by atoms with van der Waals surface area (Å²) in [4.78, 5) is 0. The van der Waals surface area contributed by atoms with Crippen LogP contribution in [0.5, 0.6) is 0 Å². The number of halogens is 1. The summed E-state index contributed by atoms with van der Waals surface area (Å²) < 4.78 is 1.21. The van der Waals surface area contributed by atoms with E-state index in [1.807, 2.05) is 0 Å². The second-order valence-electron chi connectivity index (χ2n) is 1.36. The molecular formula is C4H6ClN3. The fourth-order valence-corrected chi connectivity index (χ4v) is 0.508. The van der Waals surface area contributed by atoms with Crippen LogP contribution in [0.25, 0.3) is 0 Å². The van der Waals surface area contributed by atoms with Gasteiger partial charge in [-0.15, -0.1) is 0 Å². The van der Waals surface area contributed by atoms with E-state index in [4.69, 9.17) is 17.5 Å². The number of hydrazine groups is 1. The van der Waals surface area contributed by atoms with Gasteiger partial charge in [-0.25, -0.2) is 0 Å². The molecule has 8 heavy (non-hydrogen) atoms. The van der Waals surface area contributed by atoms with Gasteiger partial charge >= 0.3 is 0 Å². The molecule has 0 unspecified atom stereocenters. The Hall–Kier alpha value is -0.830. The Balaban J connectivity index is 2.66. The quantitative estimate of drug-likeness (QED) is 0.464. The third kappa shape index (κ3) is 0.869. The fourth-order valence-electron chi connectivity index (χ4n) is 0.395. The van der Waals surface area contributed by atoms with Gasteiger partial charge in [-0.1, -0.05) is 0 Å². The highest BCUT2D eigenvalue weighted by Crippen LogP contribution is 2.00. The lowest BCUT2D eigenvalue weighted by Gasteiger charge is -2.16. The Morgan fingerprint density at radius 2 is 2.50 bits per heavy atom. The first-order chi connectivity index (χ1) is 3.80.